The van der Waals surface area contributed by atoms with Gasteiger partial charge in [0.2, 0.25) is 0 Å². The number of rotatable bonds is 5. The van der Waals surface area contributed by atoms with Gasteiger partial charge in [0.25, 0.3) is 11.7 Å². The van der Waals surface area contributed by atoms with Gasteiger partial charge in [0.05, 0.1) is 17.1 Å². The highest BCUT2D eigenvalue weighted by Crippen LogP contribution is 2.22. The van der Waals surface area contributed by atoms with Crippen molar-refractivity contribution in [3.8, 4) is 0 Å². The van der Waals surface area contributed by atoms with E-state index in [0.29, 0.717) is 27.7 Å². The van der Waals surface area contributed by atoms with Gasteiger partial charge in [-0.25, -0.2) is 9.50 Å². The molecule has 0 saturated heterocycles. The quantitative estimate of drug-likeness (QED) is 0.675. The van der Waals surface area contributed by atoms with Gasteiger partial charge in [0, 0.05) is 17.0 Å². The molecule has 0 bridgehead atoms. The lowest BCUT2D eigenvalue weighted by Crippen LogP contribution is -2.22. The summed E-state index contributed by atoms with van der Waals surface area (Å²) in [5, 5.41) is 7.12. The van der Waals surface area contributed by atoms with Crippen molar-refractivity contribution in [3.05, 3.63) is 52.1 Å². The third kappa shape index (κ3) is 4.22. The fraction of sp³-hybridized carbons (Fsp3) is 0.278. The second-order valence-electron chi connectivity index (χ2n) is 6.10. The number of benzene rings is 1. The molecule has 0 aliphatic heterocycles. The van der Waals surface area contributed by atoms with Crippen molar-refractivity contribution in [3.63, 3.8) is 0 Å². The van der Waals surface area contributed by atoms with E-state index < -0.39 is 18.5 Å². The van der Waals surface area contributed by atoms with Crippen LogP contribution in [0.1, 0.15) is 22.5 Å². The number of nitrogens with zero attached hydrogens (tertiary/aromatic N) is 4. The minimum absolute atomic E-state index is 0.0148. The average molecular weight is 388 g/mol. The van der Waals surface area contributed by atoms with E-state index in [2.05, 4.69) is 20.4 Å². The van der Waals surface area contributed by atoms with Crippen LogP contribution < -0.4 is 5.32 Å². The van der Waals surface area contributed by atoms with Crippen LogP contribution >= 0.6 is 11.6 Å². The van der Waals surface area contributed by atoms with Crippen molar-refractivity contribution in [1.29, 1.82) is 0 Å². The zero-order valence-corrected chi connectivity index (χ0v) is 15.9. The minimum Gasteiger partial charge on any atom is -0.455 e. The molecule has 0 aliphatic rings. The number of carbonyl (C=O) groups is 2. The lowest BCUT2D eigenvalue weighted by molar-refractivity contribution is -0.146. The van der Waals surface area contributed by atoms with Crippen LogP contribution in [0, 0.1) is 20.8 Å². The van der Waals surface area contributed by atoms with Gasteiger partial charge in [-0.05, 0) is 38.5 Å². The second-order valence-corrected chi connectivity index (χ2v) is 6.51. The lowest BCUT2D eigenvalue weighted by Gasteiger charge is -2.11. The lowest BCUT2D eigenvalue weighted by atomic mass is 10.1. The Balaban J connectivity index is 1.60. The molecule has 1 aromatic carbocycles. The molecule has 8 nitrogen and oxygen atoms in total. The van der Waals surface area contributed by atoms with Crippen molar-refractivity contribution in [1.82, 2.24) is 19.6 Å². The Morgan fingerprint density at radius 1 is 1.26 bits per heavy atom. The number of carbonyl (C=O) groups excluding carboxylic acids is 2. The first-order valence-electron chi connectivity index (χ1n) is 8.22. The average Bonchev–Trinajstić information content (AvgIpc) is 3.07. The molecule has 27 heavy (non-hydrogen) atoms. The summed E-state index contributed by atoms with van der Waals surface area (Å²) in [6.07, 6.45) is 1.39. The van der Waals surface area contributed by atoms with E-state index in [1.54, 1.807) is 23.6 Å². The molecule has 0 radical (unpaired) electrons. The highest BCUT2D eigenvalue weighted by molar-refractivity contribution is 6.33. The molecule has 3 aromatic rings. The van der Waals surface area contributed by atoms with Gasteiger partial charge in [-0.15, -0.1) is 0 Å². The van der Waals surface area contributed by atoms with Gasteiger partial charge < -0.3 is 10.1 Å². The maximum Gasteiger partial charge on any atom is 0.310 e. The number of hydrogen-bond acceptors (Lipinski definition) is 6. The number of aryl methyl sites for hydroxylation is 3. The number of nitrogens with one attached hydrogen (secondary N) is 1. The molecule has 0 atom stereocenters. The number of amides is 1. The highest BCUT2D eigenvalue weighted by Gasteiger charge is 2.16. The smallest absolute Gasteiger partial charge is 0.310 e. The number of hydrogen-bond donors (Lipinski definition) is 1. The number of ether oxygens (including phenoxy) is 1. The van der Waals surface area contributed by atoms with Crippen LogP contribution in [0.5, 0.6) is 0 Å². The third-order valence-electron chi connectivity index (χ3n) is 4.07. The molecule has 0 spiro atoms. The topological polar surface area (TPSA) is 98.5 Å². The Kier molecular flexibility index (Phi) is 5.36. The number of esters is 1. The summed E-state index contributed by atoms with van der Waals surface area (Å²) < 4.78 is 6.64. The van der Waals surface area contributed by atoms with E-state index in [4.69, 9.17) is 16.3 Å². The summed E-state index contributed by atoms with van der Waals surface area (Å²) in [5.74, 6) is -0.531. The zero-order chi connectivity index (χ0) is 19.6. The van der Waals surface area contributed by atoms with Crippen molar-refractivity contribution in [2.45, 2.75) is 27.2 Å². The van der Waals surface area contributed by atoms with Crippen molar-refractivity contribution in [2.24, 2.45) is 0 Å². The highest BCUT2D eigenvalue weighted by atomic mass is 35.5. The molecule has 1 amide bonds. The Morgan fingerprint density at radius 3 is 2.78 bits per heavy atom. The molecule has 9 heteroatoms. The van der Waals surface area contributed by atoms with Gasteiger partial charge in [0.1, 0.15) is 6.33 Å². The van der Waals surface area contributed by atoms with Crippen LogP contribution in [-0.4, -0.2) is 38.1 Å². The molecule has 1 N–H and O–H groups in total. The summed E-state index contributed by atoms with van der Waals surface area (Å²) in [6, 6.07) is 5.26. The Labute approximate surface area is 160 Å². The van der Waals surface area contributed by atoms with Gasteiger partial charge in [-0.1, -0.05) is 17.7 Å². The molecule has 140 valence electrons. The largest absolute Gasteiger partial charge is 0.455 e. The van der Waals surface area contributed by atoms with E-state index in [1.165, 1.54) is 6.33 Å². The first kappa shape index (κ1) is 18.8. The fourth-order valence-corrected chi connectivity index (χ4v) is 2.94. The standard InChI is InChI=1S/C18H18ClN5O3/c1-10-4-5-15(14(19)6-10)23-16(25)8-27-17(26)7-13-11(2)22-18-20-9-21-24(18)12(13)3/h4-6,9H,7-8H2,1-3H3,(H,23,25). The zero-order valence-electron chi connectivity index (χ0n) is 15.1. The predicted molar refractivity (Wildman–Crippen MR) is 99.7 cm³/mol. The second kappa shape index (κ2) is 7.71. The molecule has 0 aliphatic carbocycles. The number of fused-ring (bicyclic) bond motifs is 1. The maximum absolute atomic E-state index is 12.2. The van der Waals surface area contributed by atoms with E-state index in [9.17, 15) is 9.59 Å². The summed E-state index contributed by atoms with van der Waals surface area (Å²) in [6.45, 7) is 5.11. The van der Waals surface area contributed by atoms with Gasteiger partial charge in [0.15, 0.2) is 6.61 Å². The van der Waals surface area contributed by atoms with Crippen LogP contribution in [0.4, 0.5) is 5.69 Å². The Bertz CT molecular complexity index is 1030. The number of anilines is 1. The van der Waals surface area contributed by atoms with E-state index >= 15 is 0 Å². The van der Waals surface area contributed by atoms with Crippen LogP contribution in [0.3, 0.4) is 0 Å². The third-order valence-corrected chi connectivity index (χ3v) is 4.39. The summed E-state index contributed by atoms with van der Waals surface area (Å²) in [7, 11) is 0. The van der Waals surface area contributed by atoms with E-state index in [-0.39, 0.29) is 6.42 Å². The maximum atomic E-state index is 12.2. The molecule has 0 unspecified atom stereocenters. The molecular weight excluding hydrogens is 370 g/mol. The molecule has 3 rings (SSSR count). The Hall–Kier alpha value is -3.00. The molecule has 0 saturated carbocycles. The van der Waals surface area contributed by atoms with Crippen LogP contribution in [-0.2, 0) is 20.7 Å². The molecule has 0 fully saturated rings. The van der Waals surface area contributed by atoms with Crippen molar-refractivity contribution in [2.75, 3.05) is 11.9 Å². The van der Waals surface area contributed by atoms with Crippen LogP contribution in [0.2, 0.25) is 5.02 Å². The normalized spacial score (nSPS) is 10.8. The van der Waals surface area contributed by atoms with Gasteiger partial charge in [-0.3, -0.25) is 9.59 Å². The SMILES string of the molecule is Cc1ccc(NC(=O)COC(=O)Cc2c(C)nc3ncnn3c2C)c(Cl)c1. The summed E-state index contributed by atoms with van der Waals surface area (Å²) in [5.41, 5.74) is 3.56. The van der Waals surface area contributed by atoms with Crippen LogP contribution in [0.25, 0.3) is 5.78 Å². The van der Waals surface area contributed by atoms with Gasteiger partial charge in [-0.2, -0.15) is 10.1 Å². The molecule has 2 heterocycles. The fourth-order valence-electron chi connectivity index (χ4n) is 2.66. The monoisotopic (exact) mass is 387 g/mol. The first-order chi connectivity index (χ1) is 12.8. The predicted octanol–water partition coefficient (Wildman–Crippen LogP) is 2.43. The molecular formula is C18H18ClN5O3. The summed E-state index contributed by atoms with van der Waals surface area (Å²) >= 11 is 6.07. The van der Waals surface area contributed by atoms with E-state index in [1.807, 2.05) is 19.9 Å². The van der Waals surface area contributed by atoms with Crippen molar-refractivity contribution < 1.29 is 14.3 Å². The summed E-state index contributed by atoms with van der Waals surface area (Å²) in [4.78, 5) is 32.5. The van der Waals surface area contributed by atoms with Gasteiger partial charge >= 0.3 is 5.97 Å². The minimum atomic E-state index is -0.535. The van der Waals surface area contributed by atoms with Crippen LogP contribution in [0.15, 0.2) is 24.5 Å². The molecule has 2 aromatic heterocycles. The number of halogens is 1. The van der Waals surface area contributed by atoms with E-state index in [0.717, 1.165) is 11.3 Å². The number of aromatic nitrogens is 4. The van der Waals surface area contributed by atoms with Crippen molar-refractivity contribution >= 4 is 34.9 Å². The first-order valence-corrected chi connectivity index (χ1v) is 8.60. The Morgan fingerprint density at radius 2 is 2.04 bits per heavy atom.